The van der Waals surface area contributed by atoms with Crippen molar-refractivity contribution in [3.05, 3.63) is 19.5 Å². The number of carbonyl (C=O) groups excluding carboxylic acids is 1. The van der Waals surface area contributed by atoms with E-state index in [2.05, 4.69) is 4.90 Å². The van der Waals surface area contributed by atoms with Crippen molar-refractivity contribution in [1.82, 2.24) is 9.47 Å². The van der Waals surface area contributed by atoms with Crippen molar-refractivity contribution in [2.45, 2.75) is 39.7 Å². The first-order chi connectivity index (χ1) is 11.1. The van der Waals surface area contributed by atoms with Gasteiger partial charge in [-0.25, -0.2) is 4.79 Å². The number of aromatic nitrogens is 1. The van der Waals surface area contributed by atoms with Gasteiger partial charge in [-0.3, -0.25) is 9.36 Å². The van der Waals surface area contributed by atoms with E-state index in [4.69, 9.17) is 4.74 Å². The number of ether oxygens (including phenoxy) is 1. The Morgan fingerprint density at radius 3 is 2.61 bits per heavy atom. The molecule has 23 heavy (non-hydrogen) atoms. The number of piperidine rings is 1. The summed E-state index contributed by atoms with van der Waals surface area (Å²) in [6.45, 7) is 5.98. The second kappa shape index (κ2) is 7.97. The molecule has 0 saturated carbocycles. The lowest BCUT2D eigenvalue weighted by atomic mass is 10.1. The zero-order valence-electron chi connectivity index (χ0n) is 13.5. The molecule has 2 heterocycles. The van der Waals surface area contributed by atoms with Gasteiger partial charge in [0.15, 0.2) is 5.57 Å². The molecule has 1 aromatic heterocycles. The van der Waals surface area contributed by atoms with Gasteiger partial charge in [0, 0.05) is 25.8 Å². The van der Waals surface area contributed by atoms with E-state index in [1.807, 2.05) is 19.2 Å². The number of likely N-dealkylation sites (tertiary alicyclic amines) is 1. The first kappa shape index (κ1) is 17.3. The van der Waals surface area contributed by atoms with Crippen LogP contribution in [0.4, 0.5) is 0 Å². The average molecular weight is 335 g/mol. The molecule has 0 atom stereocenters. The van der Waals surface area contributed by atoms with Crippen LogP contribution in [0, 0.1) is 11.3 Å². The van der Waals surface area contributed by atoms with Crippen molar-refractivity contribution < 1.29 is 9.53 Å². The molecule has 1 aliphatic heterocycles. The van der Waals surface area contributed by atoms with Crippen molar-refractivity contribution >= 4 is 29.1 Å². The highest BCUT2D eigenvalue weighted by atomic mass is 32.1. The number of nitrogens with zero attached hydrogens (tertiary/aromatic N) is 3. The van der Waals surface area contributed by atoms with E-state index in [0.29, 0.717) is 15.7 Å². The van der Waals surface area contributed by atoms with Crippen LogP contribution < -0.4 is 14.8 Å². The van der Waals surface area contributed by atoms with Crippen LogP contribution in [-0.2, 0) is 16.1 Å². The van der Waals surface area contributed by atoms with Crippen LogP contribution in [0.1, 0.15) is 33.1 Å². The topological polar surface area (TPSA) is 75.3 Å². The number of hydrogen-bond acceptors (Lipinski definition) is 6. The monoisotopic (exact) mass is 335 g/mol. The summed E-state index contributed by atoms with van der Waals surface area (Å²) < 4.78 is 7.32. The first-order valence-electron chi connectivity index (χ1n) is 7.89. The maximum Gasteiger partial charge on any atom is 0.351 e. The van der Waals surface area contributed by atoms with E-state index in [9.17, 15) is 14.9 Å². The Labute approximate surface area is 138 Å². The minimum Gasteiger partial charge on any atom is -0.462 e. The van der Waals surface area contributed by atoms with Gasteiger partial charge in [0.25, 0.3) is 5.56 Å². The fourth-order valence-corrected chi connectivity index (χ4v) is 3.74. The fraction of sp³-hybridized carbons (Fsp3) is 0.562. The van der Waals surface area contributed by atoms with Crippen LogP contribution in [0.15, 0.2) is 4.79 Å². The summed E-state index contributed by atoms with van der Waals surface area (Å²) in [5, 5.41) is 9.30. The van der Waals surface area contributed by atoms with Crippen molar-refractivity contribution in [3.8, 4) is 6.07 Å². The van der Waals surface area contributed by atoms with Gasteiger partial charge >= 0.3 is 5.97 Å². The predicted molar refractivity (Wildman–Crippen MR) is 89.0 cm³/mol. The maximum atomic E-state index is 12.5. The molecule has 0 N–H and O–H groups in total. The largest absolute Gasteiger partial charge is 0.462 e. The Morgan fingerprint density at radius 1 is 1.35 bits per heavy atom. The second-order valence-corrected chi connectivity index (χ2v) is 6.28. The van der Waals surface area contributed by atoms with Crippen molar-refractivity contribution in [3.63, 3.8) is 0 Å². The lowest BCUT2D eigenvalue weighted by Crippen LogP contribution is -2.34. The van der Waals surface area contributed by atoms with Gasteiger partial charge < -0.3 is 9.64 Å². The van der Waals surface area contributed by atoms with E-state index in [0.717, 1.165) is 25.9 Å². The maximum absolute atomic E-state index is 12.5. The van der Waals surface area contributed by atoms with Crippen LogP contribution in [0.3, 0.4) is 0 Å². The number of carbonyl (C=O) groups is 1. The van der Waals surface area contributed by atoms with Crippen LogP contribution in [-0.4, -0.2) is 35.1 Å². The summed E-state index contributed by atoms with van der Waals surface area (Å²) in [7, 11) is 0. The third kappa shape index (κ3) is 3.82. The lowest BCUT2D eigenvalue weighted by molar-refractivity contribution is -0.136. The number of rotatable bonds is 4. The highest BCUT2D eigenvalue weighted by Gasteiger charge is 2.16. The second-order valence-electron chi connectivity index (χ2n) is 5.25. The van der Waals surface area contributed by atoms with Crippen molar-refractivity contribution in [2.75, 3.05) is 19.7 Å². The molecule has 6 nitrogen and oxygen atoms in total. The summed E-state index contributed by atoms with van der Waals surface area (Å²) in [6.07, 6.45) is 5.32. The number of thiazole rings is 1. The lowest BCUT2D eigenvalue weighted by Gasteiger charge is -2.24. The Bertz CT molecular complexity index is 779. The van der Waals surface area contributed by atoms with E-state index in [1.165, 1.54) is 22.3 Å². The fourth-order valence-electron chi connectivity index (χ4n) is 2.58. The Kier molecular flexibility index (Phi) is 5.99. The minimum absolute atomic E-state index is 0.103. The molecule has 2 rings (SSSR count). The molecule has 1 saturated heterocycles. The van der Waals surface area contributed by atoms with E-state index in [1.54, 1.807) is 6.92 Å². The van der Waals surface area contributed by atoms with Gasteiger partial charge in [-0.1, -0.05) is 0 Å². The van der Waals surface area contributed by atoms with Gasteiger partial charge in [-0.15, -0.1) is 11.3 Å². The van der Waals surface area contributed by atoms with Gasteiger partial charge in [-0.05, 0) is 33.1 Å². The summed E-state index contributed by atoms with van der Waals surface area (Å²) in [6, 6.07) is 1.89. The highest BCUT2D eigenvalue weighted by molar-refractivity contribution is 7.07. The van der Waals surface area contributed by atoms with E-state index >= 15 is 0 Å². The summed E-state index contributed by atoms with van der Waals surface area (Å²) >= 11 is 1.18. The van der Waals surface area contributed by atoms with Crippen LogP contribution in [0.2, 0.25) is 0 Å². The summed E-state index contributed by atoms with van der Waals surface area (Å²) in [5.74, 6) is -0.678. The highest BCUT2D eigenvalue weighted by Crippen LogP contribution is 2.08. The van der Waals surface area contributed by atoms with Crippen molar-refractivity contribution in [2.24, 2.45) is 0 Å². The van der Waals surface area contributed by atoms with Gasteiger partial charge in [0.05, 0.1) is 6.61 Å². The Balaban J connectivity index is 2.60. The van der Waals surface area contributed by atoms with Crippen molar-refractivity contribution in [1.29, 1.82) is 5.26 Å². The smallest absolute Gasteiger partial charge is 0.351 e. The summed E-state index contributed by atoms with van der Waals surface area (Å²) in [4.78, 5) is 26.6. The van der Waals surface area contributed by atoms with Crippen LogP contribution in [0.5, 0.6) is 0 Å². The Hall–Kier alpha value is -2.07. The molecule has 0 aliphatic carbocycles. The predicted octanol–water partition coefficient (Wildman–Crippen LogP) is 0.391. The molecule has 0 unspecified atom stereocenters. The third-order valence-electron chi connectivity index (χ3n) is 3.72. The van der Waals surface area contributed by atoms with E-state index in [-0.39, 0.29) is 17.7 Å². The summed E-state index contributed by atoms with van der Waals surface area (Å²) in [5.41, 5.74) is -0.260. The van der Waals surface area contributed by atoms with Crippen LogP contribution in [0.25, 0.3) is 11.8 Å². The molecule has 1 fully saturated rings. The SMILES string of the molecule is CCOC(=O)/C(C#N)=c1\s/c(=C/N2CCCCC2)c(=O)n1CC. The molecular formula is C16H21N3O3S. The molecule has 1 aliphatic rings. The standard InChI is InChI=1S/C16H21N3O3S/c1-3-19-14(20)13(11-18-8-6-5-7-9-18)23-15(19)12(10-17)16(21)22-4-2/h11H,3-9H2,1-2H3/b13-11+,15-12-. The van der Waals surface area contributed by atoms with Gasteiger partial charge in [-0.2, -0.15) is 5.26 Å². The molecule has 0 amide bonds. The van der Waals surface area contributed by atoms with Gasteiger partial charge in [0.1, 0.15) is 15.3 Å². The van der Waals surface area contributed by atoms with E-state index < -0.39 is 5.97 Å². The molecule has 0 radical (unpaired) electrons. The molecule has 0 bridgehead atoms. The molecule has 124 valence electrons. The quantitative estimate of drug-likeness (QED) is 0.744. The number of esters is 1. The average Bonchev–Trinajstić information content (AvgIpc) is 2.85. The molecule has 0 aromatic carbocycles. The molecular weight excluding hydrogens is 314 g/mol. The zero-order chi connectivity index (χ0) is 16.8. The molecule has 7 heteroatoms. The number of nitriles is 1. The minimum atomic E-state index is -0.678. The van der Waals surface area contributed by atoms with Gasteiger partial charge in [0.2, 0.25) is 0 Å². The zero-order valence-corrected chi connectivity index (χ0v) is 14.3. The molecule has 0 spiro atoms. The third-order valence-corrected chi connectivity index (χ3v) is 4.84. The van der Waals surface area contributed by atoms with Crippen LogP contribution >= 0.6 is 11.3 Å². The Morgan fingerprint density at radius 2 is 2.04 bits per heavy atom. The first-order valence-corrected chi connectivity index (χ1v) is 8.71. The molecule has 1 aromatic rings. The number of hydrogen-bond donors (Lipinski definition) is 0. The normalized spacial score (nSPS) is 16.9.